The number of carbonyl (C=O) groups is 2. The molecule has 0 aromatic heterocycles. The van der Waals surface area contributed by atoms with Crippen LogP contribution < -0.4 is 10.1 Å². The quantitative estimate of drug-likeness (QED) is 0.845. The highest BCUT2D eigenvalue weighted by Gasteiger charge is 2.35. The second-order valence-electron chi connectivity index (χ2n) is 5.72. The maximum absolute atomic E-state index is 12.2. The molecule has 1 aromatic carbocycles. The molecular weight excluding hydrogens is 282 g/mol. The Kier molecular flexibility index (Phi) is 5.81. The summed E-state index contributed by atoms with van der Waals surface area (Å²) in [6.07, 6.45) is 3.82. The van der Waals surface area contributed by atoms with Crippen molar-refractivity contribution >= 4 is 11.9 Å². The van der Waals surface area contributed by atoms with Crippen LogP contribution in [0.4, 0.5) is 0 Å². The summed E-state index contributed by atoms with van der Waals surface area (Å²) in [6, 6.07) is 7.70. The van der Waals surface area contributed by atoms with Gasteiger partial charge >= 0.3 is 5.97 Å². The number of aliphatic carboxylic acids is 1. The predicted molar refractivity (Wildman–Crippen MR) is 82.8 cm³/mol. The summed E-state index contributed by atoms with van der Waals surface area (Å²) in [4.78, 5) is 23.4. The minimum Gasteiger partial charge on any atom is -0.497 e. The monoisotopic (exact) mass is 305 g/mol. The van der Waals surface area contributed by atoms with E-state index in [1.54, 1.807) is 7.11 Å². The van der Waals surface area contributed by atoms with E-state index in [0.717, 1.165) is 30.6 Å². The lowest BCUT2D eigenvalue weighted by Crippen LogP contribution is -2.40. The molecule has 22 heavy (non-hydrogen) atoms. The van der Waals surface area contributed by atoms with Crippen molar-refractivity contribution in [3.8, 4) is 5.75 Å². The first-order chi connectivity index (χ1) is 10.6. The Balaban J connectivity index is 1.82. The molecular formula is C17H23NO4. The number of rotatable bonds is 6. The summed E-state index contributed by atoms with van der Waals surface area (Å²) >= 11 is 0. The van der Waals surface area contributed by atoms with Crippen LogP contribution >= 0.6 is 0 Å². The van der Waals surface area contributed by atoms with E-state index in [2.05, 4.69) is 5.32 Å². The molecule has 2 rings (SSSR count). The van der Waals surface area contributed by atoms with Gasteiger partial charge in [-0.05, 0) is 37.0 Å². The van der Waals surface area contributed by atoms with Gasteiger partial charge in [0.05, 0.1) is 18.9 Å². The first-order valence-electron chi connectivity index (χ1n) is 7.75. The van der Waals surface area contributed by atoms with Gasteiger partial charge in [0.1, 0.15) is 5.75 Å². The number of nitrogens with one attached hydrogen (secondary N) is 1. The van der Waals surface area contributed by atoms with Crippen molar-refractivity contribution in [2.24, 2.45) is 11.8 Å². The Labute approximate surface area is 130 Å². The SMILES string of the molecule is COc1ccc(CCNC(=O)[C@@H]2CCCC[C@@H]2C(=O)O)cc1. The second-order valence-corrected chi connectivity index (χ2v) is 5.72. The number of hydrogen-bond donors (Lipinski definition) is 2. The number of carboxylic acid groups (broad SMARTS) is 1. The number of amides is 1. The molecule has 0 radical (unpaired) electrons. The fourth-order valence-electron chi connectivity index (χ4n) is 2.99. The summed E-state index contributed by atoms with van der Waals surface area (Å²) in [5, 5.41) is 12.1. The van der Waals surface area contributed by atoms with Crippen molar-refractivity contribution in [2.45, 2.75) is 32.1 Å². The number of carbonyl (C=O) groups excluding carboxylic acids is 1. The predicted octanol–water partition coefficient (Wildman–Crippen LogP) is 2.24. The zero-order chi connectivity index (χ0) is 15.9. The van der Waals surface area contributed by atoms with Gasteiger partial charge in [-0.15, -0.1) is 0 Å². The van der Waals surface area contributed by atoms with Gasteiger partial charge in [-0.3, -0.25) is 9.59 Å². The molecule has 5 nitrogen and oxygen atoms in total. The van der Waals surface area contributed by atoms with E-state index in [-0.39, 0.29) is 11.8 Å². The summed E-state index contributed by atoms with van der Waals surface area (Å²) in [5.41, 5.74) is 1.11. The molecule has 0 saturated heterocycles. The van der Waals surface area contributed by atoms with Crippen LogP contribution in [0.15, 0.2) is 24.3 Å². The van der Waals surface area contributed by atoms with E-state index in [0.29, 0.717) is 19.4 Å². The third-order valence-corrected chi connectivity index (χ3v) is 4.29. The second kappa shape index (κ2) is 7.82. The van der Waals surface area contributed by atoms with E-state index in [4.69, 9.17) is 4.74 Å². The largest absolute Gasteiger partial charge is 0.497 e. The first-order valence-corrected chi connectivity index (χ1v) is 7.75. The fourth-order valence-corrected chi connectivity index (χ4v) is 2.99. The number of carboxylic acids is 1. The Morgan fingerprint density at radius 2 is 1.82 bits per heavy atom. The summed E-state index contributed by atoms with van der Waals surface area (Å²) in [7, 11) is 1.62. The van der Waals surface area contributed by atoms with E-state index in [1.165, 1.54) is 0 Å². The van der Waals surface area contributed by atoms with Crippen molar-refractivity contribution in [1.82, 2.24) is 5.32 Å². The third kappa shape index (κ3) is 4.23. The van der Waals surface area contributed by atoms with Crippen molar-refractivity contribution < 1.29 is 19.4 Å². The molecule has 0 heterocycles. The number of hydrogen-bond acceptors (Lipinski definition) is 3. The van der Waals surface area contributed by atoms with Crippen LogP contribution in [0.1, 0.15) is 31.2 Å². The molecule has 0 aliphatic heterocycles. The van der Waals surface area contributed by atoms with E-state index in [9.17, 15) is 14.7 Å². The van der Waals surface area contributed by atoms with Crippen molar-refractivity contribution in [3.63, 3.8) is 0 Å². The molecule has 1 amide bonds. The highest BCUT2D eigenvalue weighted by Crippen LogP contribution is 2.30. The molecule has 1 saturated carbocycles. The molecule has 1 fully saturated rings. The maximum atomic E-state index is 12.2. The molecule has 0 bridgehead atoms. The molecule has 0 unspecified atom stereocenters. The van der Waals surface area contributed by atoms with E-state index < -0.39 is 11.9 Å². The molecule has 1 aromatic rings. The first kappa shape index (κ1) is 16.3. The highest BCUT2D eigenvalue weighted by atomic mass is 16.5. The maximum Gasteiger partial charge on any atom is 0.307 e. The van der Waals surface area contributed by atoms with Gasteiger partial charge in [0.2, 0.25) is 5.91 Å². The zero-order valence-electron chi connectivity index (χ0n) is 12.9. The van der Waals surface area contributed by atoms with Gasteiger partial charge in [0, 0.05) is 6.54 Å². The van der Waals surface area contributed by atoms with Gasteiger partial charge in [-0.1, -0.05) is 25.0 Å². The Hall–Kier alpha value is -2.04. The van der Waals surface area contributed by atoms with Crippen LogP contribution in [0.2, 0.25) is 0 Å². The number of ether oxygens (including phenoxy) is 1. The third-order valence-electron chi connectivity index (χ3n) is 4.29. The van der Waals surface area contributed by atoms with Crippen LogP contribution in [-0.2, 0) is 16.0 Å². The standard InChI is InChI=1S/C17H23NO4/c1-22-13-8-6-12(7-9-13)10-11-18-16(19)14-4-2-3-5-15(14)17(20)21/h6-9,14-15H,2-5,10-11H2,1H3,(H,18,19)(H,20,21)/t14-,15+/m1/s1. The van der Waals surface area contributed by atoms with Crippen molar-refractivity contribution in [2.75, 3.05) is 13.7 Å². The molecule has 2 atom stereocenters. The van der Waals surface area contributed by atoms with Crippen LogP contribution in [0.5, 0.6) is 5.75 Å². The number of benzene rings is 1. The number of methoxy groups -OCH3 is 1. The summed E-state index contributed by atoms with van der Waals surface area (Å²) in [6.45, 7) is 0.522. The topological polar surface area (TPSA) is 75.6 Å². The van der Waals surface area contributed by atoms with Gasteiger partial charge in [0.25, 0.3) is 0 Å². The minimum atomic E-state index is -0.852. The Morgan fingerprint density at radius 1 is 1.18 bits per heavy atom. The average Bonchev–Trinajstić information content (AvgIpc) is 2.55. The molecule has 0 spiro atoms. The van der Waals surface area contributed by atoms with Gasteiger partial charge in [-0.2, -0.15) is 0 Å². The lowest BCUT2D eigenvalue weighted by Gasteiger charge is -2.27. The van der Waals surface area contributed by atoms with E-state index in [1.807, 2.05) is 24.3 Å². The van der Waals surface area contributed by atoms with Crippen LogP contribution in [-0.4, -0.2) is 30.6 Å². The van der Waals surface area contributed by atoms with Gasteiger partial charge in [0.15, 0.2) is 0 Å². The molecule has 5 heteroatoms. The highest BCUT2D eigenvalue weighted by molar-refractivity contribution is 5.84. The average molecular weight is 305 g/mol. The summed E-state index contributed by atoms with van der Waals surface area (Å²) in [5.74, 6) is -1.09. The molecule has 1 aliphatic carbocycles. The summed E-state index contributed by atoms with van der Waals surface area (Å²) < 4.78 is 5.10. The molecule has 120 valence electrons. The minimum absolute atomic E-state index is 0.124. The van der Waals surface area contributed by atoms with Gasteiger partial charge < -0.3 is 15.2 Å². The molecule has 1 aliphatic rings. The fraction of sp³-hybridized carbons (Fsp3) is 0.529. The Bertz CT molecular complexity index is 512. The Morgan fingerprint density at radius 3 is 2.41 bits per heavy atom. The zero-order valence-corrected chi connectivity index (χ0v) is 12.9. The van der Waals surface area contributed by atoms with Crippen molar-refractivity contribution in [1.29, 1.82) is 0 Å². The lowest BCUT2D eigenvalue weighted by atomic mass is 9.78. The normalized spacial score (nSPS) is 21.1. The molecule has 2 N–H and O–H groups in total. The lowest BCUT2D eigenvalue weighted by molar-refractivity contribution is -0.148. The van der Waals surface area contributed by atoms with E-state index >= 15 is 0 Å². The van der Waals surface area contributed by atoms with Gasteiger partial charge in [-0.25, -0.2) is 0 Å². The van der Waals surface area contributed by atoms with Crippen LogP contribution in [0.3, 0.4) is 0 Å². The van der Waals surface area contributed by atoms with Crippen LogP contribution in [0.25, 0.3) is 0 Å². The van der Waals surface area contributed by atoms with Crippen molar-refractivity contribution in [3.05, 3.63) is 29.8 Å². The van der Waals surface area contributed by atoms with Crippen LogP contribution in [0, 0.1) is 11.8 Å². The smallest absolute Gasteiger partial charge is 0.307 e.